The van der Waals surface area contributed by atoms with Crippen LogP contribution in [-0.4, -0.2) is 15.8 Å². The van der Waals surface area contributed by atoms with Crippen molar-refractivity contribution in [3.8, 4) is 0 Å². The zero-order valence-electron chi connectivity index (χ0n) is 8.37. The van der Waals surface area contributed by atoms with E-state index in [0.717, 1.165) is 31.5 Å². The van der Waals surface area contributed by atoms with Crippen LogP contribution in [0, 0.1) is 0 Å². The number of rotatable bonds is 6. The number of carbonyl (C=O) groups excluding carboxylic acids is 1. The second-order valence-corrected chi connectivity index (χ2v) is 3.59. The van der Waals surface area contributed by atoms with Gasteiger partial charge in [0.1, 0.15) is 17.3 Å². The number of unbranched alkanes of at least 4 members (excludes halogenated alkanes) is 1. The van der Waals surface area contributed by atoms with Crippen molar-refractivity contribution in [2.75, 3.05) is 0 Å². The third-order valence-electron chi connectivity index (χ3n) is 2.11. The van der Waals surface area contributed by atoms with Crippen LogP contribution in [0.4, 0.5) is 0 Å². The molecule has 0 bridgehead atoms. The van der Waals surface area contributed by atoms with E-state index in [1.54, 1.807) is 6.20 Å². The van der Waals surface area contributed by atoms with E-state index in [4.69, 9.17) is 11.6 Å². The topological polar surface area (TPSA) is 34.9 Å². The summed E-state index contributed by atoms with van der Waals surface area (Å²) >= 11 is 5.97. The molecule has 14 heavy (non-hydrogen) atoms. The minimum Gasteiger partial charge on any atom is -0.319 e. The van der Waals surface area contributed by atoms with Crippen molar-refractivity contribution in [2.24, 2.45) is 0 Å². The summed E-state index contributed by atoms with van der Waals surface area (Å²) in [5.74, 6) is 0.913. The fourth-order valence-electron chi connectivity index (χ4n) is 1.33. The van der Waals surface area contributed by atoms with E-state index in [1.807, 2.05) is 4.57 Å². The van der Waals surface area contributed by atoms with Crippen molar-refractivity contribution in [1.29, 1.82) is 0 Å². The van der Waals surface area contributed by atoms with E-state index in [9.17, 15) is 4.79 Å². The number of aryl methyl sites for hydroxylation is 1. The molecule has 0 radical (unpaired) electrons. The van der Waals surface area contributed by atoms with Crippen LogP contribution in [0.2, 0.25) is 5.15 Å². The SMILES string of the molecule is CCCCn1c(Cl)cnc1CCC=O. The molecular formula is C10H15ClN2O. The first-order chi connectivity index (χ1) is 6.79. The van der Waals surface area contributed by atoms with E-state index < -0.39 is 0 Å². The van der Waals surface area contributed by atoms with Gasteiger partial charge in [-0.2, -0.15) is 0 Å². The van der Waals surface area contributed by atoms with Crippen molar-refractivity contribution in [2.45, 2.75) is 39.2 Å². The number of carbonyl (C=O) groups is 1. The average molecular weight is 215 g/mol. The third-order valence-corrected chi connectivity index (χ3v) is 2.41. The Kier molecular flexibility index (Phi) is 4.66. The molecule has 1 rings (SSSR count). The van der Waals surface area contributed by atoms with E-state index in [0.29, 0.717) is 18.0 Å². The smallest absolute Gasteiger partial charge is 0.128 e. The quantitative estimate of drug-likeness (QED) is 0.682. The molecule has 0 aliphatic heterocycles. The minimum atomic E-state index is 0.513. The number of halogens is 1. The van der Waals surface area contributed by atoms with Crippen LogP contribution in [0.15, 0.2) is 6.20 Å². The van der Waals surface area contributed by atoms with Crippen molar-refractivity contribution in [3.05, 3.63) is 17.2 Å². The first kappa shape index (κ1) is 11.2. The number of nitrogens with zero attached hydrogens (tertiary/aromatic N) is 2. The number of hydrogen-bond donors (Lipinski definition) is 0. The van der Waals surface area contributed by atoms with Crippen LogP contribution in [0.1, 0.15) is 32.0 Å². The number of imidazole rings is 1. The molecule has 78 valence electrons. The maximum atomic E-state index is 10.2. The van der Waals surface area contributed by atoms with Crippen molar-refractivity contribution >= 4 is 17.9 Å². The van der Waals surface area contributed by atoms with Gasteiger partial charge in [0.15, 0.2) is 0 Å². The van der Waals surface area contributed by atoms with Gasteiger partial charge >= 0.3 is 0 Å². The molecule has 1 aromatic heterocycles. The molecule has 3 nitrogen and oxygen atoms in total. The zero-order valence-corrected chi connectivity index (χ0v) is 9.13. The standard InChI is InChI=1S/C10H15ClN2O/c1-2-3-6-13-9(11)8-12-10(13)5-4-7-14/h7-8H,2-6H2,1H3. The summed E-state index contributed by atoms with van der Waals surface area (Å²) in [6.45, 7) is 3.03. The molecular weight excluding hydrogens is 200 g/mol. The van der Waals surface area contributed by atoms with E-state index in [1.165, 1.54) is 0 Å². The fraction of sp³-hybridized carbons (Fsp3) is 0.600. The van der Waals surface area contributed by atoms with Crippen molar-refractivity contribution in [1.82, 2.24) is 9.55 Å². The molecule has 0 saturated carbocycles. The fourth-order valence-corrected chi connectivity index (χ4v) is 1.56. The summed E-state index contributed by atoms with van der Waals surface area (Å²) in [6, 6.07) is 0. The molecule has 1 aromatic rings. The number of hydrogen-bond acceptors (Lipinski definition) is 2. The normalized spacial score (nSPS) is 10.4. The molecule has 0 saturated heterocycles. The van der Waals surface area contributed by atoms with Crippen LogP contribution in [0.25, 0.3) is 0 Å². The lowest BCUT2D eigenvalue weighted by Crippen LogP contribution is -2.04. The molecule has 0 aromatic carbocycles. The zero-order chi connectivity index (χ0) is 10.4. The summed E-state index contributed by atoms with van der Waals surface area (Å²) in [5.41, 5.74) is 0. The molecule has 0 N–H and O–H groups in total. The summed E-state index contributed by atoms with van der Waals surface area (Å²) in [4.78, 5) is 14.4. The van der Waals surface area contributed by atoms with Crippen LogP contribution >= 0.6 is 11.6 Å². The van der Waals surface area contributed by atoms with Crippen molar-refractivity contribution < 1.29 is 4.79 Å². The Labute approximate surface area is 89.1 Å². The Morgan fingerprint density at radius 1 is 1.64 bits per heavy atom. The molecule has 0 unspecified atom stereocenters. The second kappa shape index (κ2) is 5.81. The minimum absolute atomic E-state index is 0.513. The lowest BCUT2D eigenvalue weighted by atomic mass is 10.3. The first-order valence-electron chi connectivity index (χ1n) is 4.93. The summed E-state index contributed by atoms with van der Waals surface area (Å²) < 4.78 is 1.98. The van der Waals surface area contributed by atoms with Crippen molar-refractivity contribution in [3.63, 3.8) is 0 Å². The van der Waals surface area contributed by atoms with Gasteiger partial charge in [-0.15, -0.1) is 0 Å². The summed E-state index contributed by atoms with van der Waals surface area (Å²) in [7, 11) is 0. The molecule has 1 heterocycles. The molecule has 0 aliphatic rings. The Morgan fingerprint density at radius 3 is 3.07 bits per heavy atom. The number of aromatic nitrogens is 2. The molecule has 0 aliphatic carbocycles. The number of aldehydes is 1. The highest BCUT2D eigenvalue weighted by Gasteiger charge is 2.06. The molecule has 0 amide bonds. The van der Waals surface area contributed by atoms with Gasteiger partial charge in [-0.25, -0.2) is 4.98 Å². The molecule has 4 heteroatoms. The second-order valence-electron chi connectivity index (χ2n) is 3.21. The average Bonchev–Trinajstić information content (AvgIpc) is 2.53. The van der Waals surface area contributed by atoms with E-state index in [-0.39, 0.29) is 0 Å². The first-order valence-corrected chi connectivity index (χ1v) is 5.31. The van der Waals surface area contributed by atoms with Gasteiger partial charge in [0, 0.05) is 19.4 Å². The lowest BCUT2D eigenvalue weighted by Gasteiger charge is -2.06. The molecule has 0 spiro atoms. The Bertz CT molecular complexity index is 296. The maximum absolute atomic E-state index is 10.2. The summed E-state index contributed by atoms with van der Waals surface area (Å²) in [6.07, 6.45) is 5.97. The third kappa shape index (κ3) is 2.84. The van der Waals surface area contributed by atoms with Crippen LogP contribution in [-0.2, 0) is 17.8 Å². The van der Waals surface area contributed by atoms with Gasteiger partial charge in [-0.1, -0.05) is 24.9 Å². The Balaban J connectivity index is 2.66. The Hall–Kier alpha value is -0.830. The van der Waals surface area contributed by atoms with Gasteiger partial charge in [0.25, 0.3) is 0 Å². The summed E-state index contributed by atoms with van der Waals surface area (Å²) in [5, 5.41) is 0.666. The lowest BCUT2D eigenvalue weighted by molar-refractivity contribution is -0.107. The predicted molar refractivity (Wildman–Crippen MR) is 56.5 cm³/mol. The van der Waals surface area contributed by atoms with Gasteiger partial charge in [-0.3, -0.25) is 0 Å². The Morgan fingerprint density at radius 2 is 2.43 bits per heavy atom. The van der Waals surface area contributed by atoms with Gasteiger partial charge in [-0.05, 0) is 6.42 Å². The van der Waals surface area contributed by atoms with Crippen LogP contribution in [0.3, 0.4) is 0 Å². The maximum Gasteiger partial charge on any atom is 0.128 e. The largest absolute Gasteiger partial charge is 0.319 e. The highest BCUT2D eigenvalue weighted by Crippen LogP contribution is 2.14. The van der Waals surface area contributed by atoms with E-state index >= 15 is 0 Å². The van der Waals surface area contributed by atoms with Gasteiger partial charge in [0.05, 0.1) is 6.20 Å². The van der Waals surface area contributed by atoms with Crippen LogP contribution < -0.4 is 0 Å². The highest BCUT2D eigenvalue weighted by atomic mass is 35.5. The monoisotopic (exact) mass is 214 g/mol. The molecule has 0 fully saturated rings. The van der Waals surface area contributed by atoms with Gasteiger partial charge < -0.3 is 9.36 Å². The van der Waals surface area contributed by atoms with Gasteiger partial charge in [0.2, 0.25) is 0 Å². The highest BCUT2D eigenvalue weighted by molar-refractivity contribution is 6.29. The van der Waals surface area contributed by atoms with E-state index in [2.05, 4.69) is 11.9 Å². The van der Waals surface area contributed by atoms with Crippen LogP contribution in [0.5, 0.6) is 0 Å². The molecule has 0 atom stereocenters. The predicted octanol–water partition coefficient (Wildman–Crippen LogP) is 2.47.